The van der Waals surface area contributed by atoms with Crippen LogP contribution >= 0.6 is 23.1 Å². The minimum Gasteiger partial charge on any atom is -0.508 e. The number of benzene rings is 4. The number of ether oxygens (including phenoxy) is 1. The fourth-order valence-corrected chi connectivity index (χ4v) is 6.29. The van der Waals surface area contributed by atoms with Crippen LogP contribution in [0.25, 0.3) is 17.2 Å². The molecule has 48 heavy (non-hydrogen) atoms. The van der Waals surface area contributed by atoms with Crippen LogP contribution in [0.2, 0.25) is 0 Å². The number of amides is 3. The van der Waals surface area contributed by atoms with Gasteiger partial charge in [-0.25, -0.2) is 0 Å². The number of rotatable bonds is 11. The molecule has 0 fully saturated rings. The molecule has 240 valence electrons. The molecule has 5 rings (SSSR count). The number of nitrogens with one attached hydrogen (secondary N) is 3. The largest absolute Gasteiger partial charge is 0.508 e. The number of thiophene rings is 1. The minimum absolute atomic E-state index is 0.0146. The van der Waals surface area contributed by atoms with E-state index < -0.39 is 11.8 Å². The summed E-state index contributed by atoms with van der Waals surface area (Å²) in [7, 11) is 1.43. The van der Waals surface area contributed by atoms with Crippen LogP contribution in [0, 0.1) is 18.3 Å². The van der Waals surface area contributed by atoms with Crippen LogP contribution in [0.15, 0.2) is 113 Å². The predicted octanol–water partition coefficient (Wildman–Crippen LogP) is 7.45. The van der Waals surface area contributed by atoms with Gasteiger partial charge >= 0.3 is 0 Å². The van der Waals surface area contributed by atoms with Crippen molar-refractivity contribution in [3.63, 3.8) is 0 Å². The number of aromatic hydroxyl groups is 1. The number of phenolic OH excluding ortho intramolecular Hbond substituents is 1. The molecule has 1 heterocycles. The summed E-state index contributed by atoms with van der Waals surface area (Å²) in [5.74, 6) is -0.999. The Morgan fingerprint density at radius 1 is 0.958 bits per heavy atom. The van der Waals surface area contributed by atoms with Gasteiger partial charge in [-0.1, -0.05) is 54.1 Å². The van der Waals surface area contributed by atoms with Gasteiger partial charge in [-0.15, -0.1) is 23.1 Å². The standard InChI is InChI=1S/C37H30N4O5S2/c1-23-11-13-24(14-12-23)31-21-48-37(30(31)20-38)41-34(43)22-47-29-10-6-9-27(18-29)39-36(45)32(40-35(44)25-7-4-3-5-8-25)17-26-15-16-28(42)19-33(26)46-2/h3-19,21,42H,22H2,1-2H3,(H,39,45)(H,40,44)(H,41,43)/b32-17+. The summed E-state index contributed by atoms with van der Waals surface area (Å²) in [6, 6.07) is 29.9. The lowest BCUT2D eigenvalue weighted by Crippen LogP contribution is -2.30. The summed E-state index contributed by atoms with van der Waals surface area (Å²) in [5, 5.41) is 30.4. The lowest BCUT2D eigenvalue weighted by molar-refractivity contribution is -0.114. The molecule has 0 aliphatic rings. The Hall–Kier alpha value is -5.83. The highest BCUT2D eigenvalue weighted by Gasteiger charge is 2.18. The number of carbonyl (C=O) groups excluding carboxylic acids is 3. The Morgan fingerprint density at radius 3 is 2.46 bits per heavy atom. The summed E-state index contributed by atoms with van der Waals surface area (Å²) < 4.78 is 5.35. The highest BCUT2D eigenvalue weighted by Crippen LogP contribution is 2.35. The molecule has 0 saturated carbocycles. The van der Waals surface area contributed by atoms with E-state index in [4.69, 9.17) is 4.74 Å². The van der Waals surface area contributed by atoms with E-state index in [1.807, 2.05) is 42.6 Å². The quantitative estimate of drug-likeness (QED) is 0.0843. The summed E-state index contributed by atoms with van der Waals surface area (Å²) in [4.78, 5) is 40.1. The molecular formula is C37H30N4O5S2. The topological polar surface area (TPSA) is 141 Å². The molecule has 0 unspecified atom stereocenters. The van der Waals surface area contributed by atoms with E-state index in [9.17, 15) is 24.8 Å². The van der Waals surface area contributed by atoms with Crippen molar-refractivity contribution in [1.29, 1.82) is 5.26 Å². The van der Waals surface area contributed by atoms with Crippen LogP contribution < -0.4 is 20.7 Å². The molecule has 0 aliphatic carbocycles. The third kappa shape index (κ3) is 8.50. The molecule has 1 aromatic heterocycles. The zero-order valence-electron chi connectivity index (χ0n) is 25.9. The molecule has 11 heteroatoms. The van der Waals surface area contributed by atoms with Crippen LogP contribution in [-0.4, -0.2) is 35.7 Å². The highest BCUT2D eigenvalue weighted by molar-refractivity contribution is 8.00. The molecule has 5 aromatic rings. The monoisotopic (exact) mass is 674 g/mol. The second kappa shape index (κ2) is 15.6. The van der Waals surface area contributed by atoms with E-state index in [-0.39, 0.29) is 23.1 Å². The van der Waals surface area contributed by atoms with Gasteiger partial charge in [0.05, 0.1) is 18.4 Å². The molecular weight excluding hydrogens is 645 g/mol. The molecule has 0 aliphatic heterocycles. The fourth-order valence-electron chi connectivity index (χ4n) is 4.60. The smallest absolute Gasteiger partial charge is 0.272 e. The number of nitrogens with zero attached hydrogens (tertiary/aromatic N) is 1. The molecule has 0 bridgehead atoms. The van der Waals surface area contributed by atoms with Gasteiger partial charge in [0, 0.05) is 38.7 Å². The second-order valence-corrected chi connectivity index (χ2v) is 12.4. The molecule has 0 spiro atoms. The molecule has 4 N–H and O–H groups in total. The number of anilines is 2. The van der Waals surface area contributed by atoms with Crippen molar-refractivity contribution in [3.05, 3.63) is 130 Å². The third-order valence-corrected chi connectivity index (χ3v) is 8.92. The number of nitriles is 1. The van der Waals surface area contributed by atoms with Crippen molar-refractivity contribution in [2.45, 2.75) is 11.8 Å². The van der Waals surface area contributed by atoms with Crippen molar-refractivity contribution in [2.24, 2.45) is 0 Å². The van der Waals surface area contributed by atoms with Crippen LogP contribution in [0.4, 0.5) is 10.7 Å². The van der Waals surface area contributed by atoms with Gasteiger partial charge in [0.15, 0.2) is 0 Å². The number of phenols is 1. The van der Waals surface area contributed by atoms with Gasteiger partial charge in [-0.05, 0) is 61.0 Å². The number of thioether (sulfide) groups is 1. The van der Waals surface area contributed by atoms with Crippen molar-refractivity contribution in [2.75, 3.05) is 23.5 Å². The number of methoxy groups -OCH3 is 1. The first-order chi connectivity index (χ1) is 23.2. The molecule has 4 aromatic carbocycles. The Balaban J connectivity index is 1.28. The highest BCUT2D eigenvalue weighted by atomic mass is 32.2. The van der Waals surface area contributed by atoms with Crippen molar-refractivity contribution in [1.82, 2.24) is 5.32 Å². The Kier molecular flexibility index (Phi) is 10.9. The van der Waals surface area contributed by atoms with Gasteiger partial charge in [0.2, 0.25) is 5.91 Å². The molecule has 0 radical (unpaired) electrons. The Labute approximate surface area is 285 Å². The maximum absolute atomic E-state index is 13.5. The molecule has 3 amide bonds. The van der Waals surface area contributed by atoms with Gasteiger partial charge < -0.3 is 25.8 Å². The van der Waals surface area contributed by atoms with Crippen molar-refractivity contribution >= 4 is 57.6 Å². The molecule has 9 nitrogen and oxygen atoms in total. The van der Waals surface area contributed by atoms with E-state index in [1.165, 1.54) is 48.4 Å². The van der Waals surface area contributed by atoms with E-state index in [1.54, 1.807) is 54.6 Å². The summed E-state index contributed by atoms with van der Waals surface area (Å²) >= 11 is 2.57. The number of hydrogen-bond donors (Lipinski definition) is 4. The first kappa shape index (κ1) is 33.5. The van der Waals surface area contributed by atoms with Crippen molar-refractivity contribution in [3.8, 4) is 28.7 Å². The summed E-state index contributed by atoms with van der Waals surface area (Å²) in [6.07, 6.45) is 1.46. The van der Waals surface area contributed by atoms with Gasteiger partial charge in [0.1, 0.15) is 28.3 Å². The Morgan fingerprint density at radius 2 is 1.73 bits per heavy atom. The first-order valence-electron chi connectivity index (χ1n) is 14.6. The third-order valence-electron chi connectivity index (χ3n) is 7.03. The maximum atomic E-state index is 13.5. The van der Waals surface area contributed by atoms with Crippen molar-refractivity contribution < 1.29 is 24.2 Å². The van der Waals surface area contributed by atoms with E-state index in [0.29, 0.717) is 38.0 Å². The fraction of sp³-hybridized carbons (Fsp3) is 0.0811. The predicted molar refractivity (Wildman–Crippen MR) is 190 cm³/mol. The summed E-state index contributed by atoms with van der Waals surface area (Å²) in [6.45, 7) is 1.99. The molecule has 0 saturated heterocycles. The van der Waals surface area contributed by atoms with Gasteiger partial charge in [-0.2, -0.15) is 5.26 Å². The number of carbonyl (C=O) groups is 3. The lowest BCUT2D eigenvalue weighted by Gasteiger charge is -2.13. The molecule has 0 atom stereocenters. The van der Waals surface area contributed by atoms with E-state index >= 15 is 0 Å². The average Bonchev–Trinajstić information content (AvgIpc) is 3.50. The maximum Gasteiger partial charge on any atom is 0.272 e. The zero-order valence-corrected chi connectivity index (χ0v) is 27.6. The van der Waals surface area contributed by atoms with Crippen LogP contribution in [0.3, 0.4) is 0 Å². The SMILES string of the molecule is COc1cc(O)ccc1/C=C(/NC(=O)c1ccccc1)C(=O)Nc1cccc(SCC(=O)Nc2scc(-c3ccc(C)cc3)c2C#N)c1. The van der Waals surface area contributed by atoms with E-state index in [2.05, 4.69) is 22.0 Å². The van der Waals surface area contributed by atoms with Crippen LogP contribution in [0.5, 0.6) is 11.5 Å². The minimum atomic E-state index is -0.597. The van der Waals surface area contributed by atoms with Crippen LogP contribution in [-0.2, 0) is 9.59 Å². The zero-order chi connectivity index (χ0) is 34.0. The van der Waals surface area contributed by atoms with E-state index in [0.717, 1.165) is 16.7 Å². The van der Waals surface area contributed by atoms with Crippen LogP contribution in [0.1, 0.15) is 27.0 Å². The summed E-state index contributed by atoms with van der Waals surface area (Å²) in [5.41, 5.74) is 4.41. The average molecular weight is 675 g/mol. The lowest BCUT2D eigenvalue weighted by atomic mass is 10.0. The number of hydrogen-bond acceptors (Lipinski definition) is 8. The van der Waals surface area contributed by atoms with Gasteiger partial charge in [-0.3, -0.25) is 14.4 Å². The normalized spacial score (nSPS) is 10.9. The first-order valence-corrected chi connectivity index (χ1v) is 16.5. The Bertz CT molecular complexity index is 2030. The number of aryl methyl sites for hydroxylation is 1. The van der Waals surface area contributed by atoms with Gasteiger partial charge in [0.25, 0.3) is 11.8 Å². The second-order valence-electron chi connectivity index (χ2n) is 10.5.